The normalized spacial score (nSPS) is 10.2. The second kappa shape index (κ2) is 8.23. The van der Waals surface area contributed by atoms with E-state index in [1.54, 1.807) is 7.11 Å². The summed E-state index contributed by atoms with van der Waals surface area (Å²) in [5.41, 5.74) is 0.441. The van der Waals surface area contributed by atoms with Crippen LogP contribution >= 0.6 is 0 Å². The number of amides is 2. The largest absolute Gasteiger partial charge is 0.383 e. The molecule has 0 unspecified atom stereocenters. The molecule has 7 heteroatoms. The molecule has 6 nitrogen and oxygen atoms in total. The highest BCUT2D eigenvalue weighted by Crippen LogP contribution is 2.19. The molecule has 1 aromatic rings. The summed E-state index contributed by atoms with van der Waals surface area (Å²) in [4.78, 5) is 22.5. The molecule has 0 fully saturated rings. The topological polar surface area (TPSA) is 79.5 Å². The lowest BCUT2D eigenvalue weighted by molar-refractivity contribution is -0.115. The fraction of sp³-hybridized carbons (Fsp3) is 0.385. The Morgan fingerprint density at radius 3 is 2.70 bits per heavy atom. The number of hydrogen-bond acceptors (Lipinski definition) is 4. The van der Waals surface area contributed by atoms with Gasteiger partial charge in [0.05, 0.1) is 18.8 Å². The van der Waals surface area contributed by atoms with E-state index in [4.69, 9.17) is 4.74 Å². The SMILES string of the molecule is COCCNCC(=O)Nc1cc(NC(C)=O)ccc1F. The van der Waals surface area contributed by atoms with Crippen LogP contribution in [0.5, 0.6) is 0 Å². The van der Waals surface area contributed by atoms with Crippen LogP contribution in [0.3, 0.4) is 0 Å². The molecule has 3 N–H and O–H groups in total. The number of ether oxygens (including phenoxy) is 1. The van der Waals surface area contributed by atoms with Crippen molar-refractivity contribution in [2.24, 2.45) is 0 Å². The van der Waals surface area contributed by atoms with Crippen molar-refractivity contribution in [3.05, 3.63) is 24.0 Å². The van der Waals surface area contributed by atoms with E-state index < -0.39 is 5.82 Å². The molecule has 0 spiro atoms. The lowest BCUT2D eigenvalue weighted by atomic mass is 10.2. The summed E-state index contributed by atoms with van der Waals surface area (Å²) in [6, 6.07) is 3.96. The van der Waals surface area contributed by atoms with E-state index in [-0.39, 0.29) is 24.0 Å². The van der Waals surface area contributed by atoms with Gasteiger partial charge in [-0.1, -0.05) is 0 Å². The first kappa shape index (κ1) is 16.1. The Kier molecular flexibility index (Phi) is 6.61. The molecule has 2 amide bonds. The van der Waals surface area contributed by atoms with Gasteiger partial charge in [0.1, 0.15) is 5.82 Å². The van der Waals surface area contributed by atoms with Crippen LogP contribution < -0.4 is 16.0 Å². The van der Waals surface area contributed by atoms with Gasteiger partial charge in [-0.15, -0.1) is 0 Å². The van der Waals surface area contributed by atoms with Gasteiger partial charge < -0.3 is 20.7 Å². The van der Waals surface area contributed by atoms with Gasteiger partial charge >= 0.3 is 0 Å². The van der Waals surface area contributed by atoms with Gasteiger partial charge in [-0.2, -0.15) is 0 Å². The summed E-state index contributed by atoms with van der Waals surface area (Å²) in [6.07, 6.45) is 0. The number of carbonyl (C=O) groups excluding carboxylic acids is 2. The lowest BCUT2D eigenvalue weighted by Crippen LogP contribution is -2.30. The number of methoxy groups -OCH3 is 1. The Hall–Kier alpha value is -1.99. The fourth-order valence-corrected chi connectivity index (χ4v) is 1.47. The van der Waals surface area contributed by atoms with E-state index in [0.717, 1.165) is 0 Å². The van der Waals surface area contributed by atoms with Crippen LogP contribution in [0.15, 0.2) is 18.2 Å². The van der Waals surface area contributed by atoms with Crippen LogP contribution in [0.1, 0.15) is 6.92 Å². The average Bonchev–Trinajstić information content (AvgIpc) is 2.38. The van der Waals surface area contributed by atoms with Crippen molar-refractivity contribution in [3.8, 4) is 0 Å². The van der Waals surface area contributed by atoms with E-state index in [2.05, 4.69) is 16.0 Å². The minimum Gasteiger partial charge on any atom is -0.383 e. The Morgan fingerprint density at radius 2 is 2.05 bits per heavy atom. The molecule has 20 heavy (non-hydrogen) atoms. The molecule has 0 bridgehead atoms. The van der Waals surface area contributed by atoms with Crippen molar-refractivity contribution in [1.29, 1.82) is 0 Å². The van der Waals surface area contributed by atoms with Crippen LogP contribution in [0.4, 0.5) is 15.8 Å². The standard InChI is InChI=1S/C13H18FN3O3/c1-9(18)16-10-3-4-11(14)12(7-10)17-13(19)8-15-5-6-20-2/h3-4,7,15H,5-6,8H2,1-2H3,(H,16,18)(H,17,19). The van der Waals surface area contributed by atoms with Crippen LogP contribution in [-0.2, 0) is 14.3 Å². The predicted molar refractivity (Wildman–Crippen MR) is 74.1 cm³/mol. The highest BCUT2D eigenvalue weighted by molar-refractivity contribution is 5.94. The van der Waals surface area contributed by atoms with Gasteiger partial charge in [-0.05, 0) is 18.2 Å². The molecule has 1 aromatic carbocycles. The zero-order valence-electron chi connectivity index (χ0n) is 11.5. The smallest absolute Gasteiger partial charge is 0.238 e. The maximum atomic E-state index is 13.5. The summed E-state index contributed by atoms with van der Waals surface area (Å²) in [7, 11) is 1.56. The number of halogens is 1. The van der Waals surface area contributed by atoms with Gasteiger partial charge in [0, 0.05) is 26.3 Å². The molecule has 0 aliphatic carbocycles. The zero-order chi connectivity index (χ0) is 15.0. The lowest BCUT2D eigenvalue weighted by Gasteiger charge is -2.09. The van der Waals surface area contributed by atoms with Crippen molar-refractivity contribution < 1.29 is 18.7 Å². The van der Waals surface area contributed by atoms with Gasteiger partial charge in [0.25, 0.3) is 0 Å². The van der Waals surface area contributed by atoms with Crippen LogP contribution in [0.2, 0.25) is 0 Å². The van der Waals surface area contributed by atoms with E-state index in [1.807, 2.05) is 0 Å². The summed E-state index contributed by atoms with van der Waals surface area (Å²) in [6.45, 7) is 2.41. The molecule has 0 radical (unpaired) electrons. The number of carbonyl (C=O) groups is 2. The minimum atomic E-state index is -0.565. The first-order chi connectivity index (χ1) is 9.52. The van der Waals surface area contributed by atoms with Crippen molar-refractivity contribution in [1.82, 2.24) is 5.32 Å². The molecular formula is C13H18FN3O3. The van der Waals surface area contributed by atoms with Crippen LogP contribution in [-0.4, -0.2) is 38.6 Å². The predicted octanol–water partition coefficient (Wildman–Crippen LogP) is 0.959. The van der Waals surface area contributed by atoms with Gasteiger partial charge in [-0.3, -0.25) is 9.59 Å². The Labute approximate surface area is 116 Å². The molecule has 0 aromatic heterocycles. The number of benzene rings is 1. The zero-order valence-corrected chi connectivity index (χ0v) is 11.5. The highest BCUT2D eigenvalue weighted by atomic mass is 19.1. The first-order valence-corrected chi connectivity index (χ1v) is 6.09. The van der Waals surface area contributed by atoms with Crippen LogP contribution in [0, 0.1) is 5.82 Å². The summed E-state index contributed by atoms with van der Waals surface area (Å²) in [5.74, 6) is -1.21. The van der Waals surface area contributed by atoms with Crippen molar-refractivity contribution in [2.75, 3.05) is 37.4 Å². The van der Waals surface area contributed by atoms with Gasteiger partial charge in [-0.25, -0.2) is 4.39 Å². The molecule has 110 valence electrons. The Balaban J connectivity index is 2.57. The van der Waals surface area contributed by atoms with Crippen molar-refractivity contribution >= 4 is 23.2 Å². The summed E-state index contributed by atoms with van der Waals surface area (Å²) >= 11 is 0. The highest BCUT2D eigenvalue weighted by Gasteiger charge is 2.08. The van der Waals surface area contributed by atoms with E-state index in [0.29, 0.717) is 18.8 Å². The molecule has 0 aliphatic rings. The maximum Gasteiger partial charge on any atom is 0.238 e. The van der Waals surface area contributed by atoms with Crippen LogP contribution in [0.25, 0.3) is 0 Å². The molecule has 0 heterocycles. The third-order valence-electron chi connectivity index (χ3n) is 2.33. The number of nitrogens with one attached hydrogen (secondary N) is 3. The Bertz CT molecular complexity index is 480. The number of hydrogen-bond donors (Lipinski definition) is 3. The molecular weight excluding hydrogens is 265 g/mol. The van der Waals surface area contributed by atoms with Crippen molar-refractivity contribution in [3.63, 3.8) is 0 Å². The summed E-state index contributed by atoms with van der Waals surface area (Å²) in [5, 5.41) is 7.79. The third kappa shape index (κ3) is 5.77. The summed E-state index contributed by atoms with van der Waals surface area (Å²) < 4.78 is 18.4. The Morgan fingerprint density at radius 1 is 1.30 bits per heavy atom. The molecule has 0 saturated heterocycles. The second-order valence-electron chi connectivity index (χ2n) is 4.09. The van der Waals surface area contributed by atoms with Crippen molar-refractivity contribution in [2.45, 2.75) is 6.92 Å². The average molecular weight is 283 g/mol. The minimum absolute atomic E-state index is 0.0230. The molecule has 1 rings (SSSR count). The molecule has 0 aliphatic heterocycles. The van der Waals surface area contributed by atoms with Gasteiger partial charge in [0.2, 0.25) is 11.8 Å². The number of rotatable bonds is 7. The molecule has 0 saturated carbocycles. The van der Waals surface area contributed by atoms with Gasteiger partial charge in [0.15, 0.2) is 0 Å². The maximum absolute atomic E-state index is 13.5. The molecule has 0 atom stereocenters. The second-order valence-corrected chi connectivity index (χ2v) is 4.09. The third-order valence-corrected chi connectivity index (χ3v) is 2.33. The number of anilines is 2. The fourth-order valence-electron chi connectivity index (χ4n) is 1.47. The first-order valence-electron chi connectivity index (χ1n) is 6.09. The van der Waals surface area contributed by atoms with E-state index in [9.17, 15) is 14.0 Å². The quantitative estimate of drug-likeness (QED) is 0.651. The van der Waals surface area contributed by atoms with E-state index >= 15 is 0 Å². The monoisotopic (exact) mass is 283 g/mol. The van der Waals surface area contributed by atoms with E-state index in [1.165, 1.54) is 25.1 Å².